The Labute approximate surface area is 124 Å². The van der Waals surface area contributed by atoms with Crippen LogP contribution in [0.25, 0.3) is 0 Å². The molecule has 1 spiro atoms. The number of nitro groups is 1. The number of anilines is 1. The third-order valence-electron chi connectivity index (χ3n) is 4.76. The van der Waals surface area contributed by atoms with Gasteiger partial charge in [-0.25, -0.2) is 0 Å². The predicted octanol–water partition coefficient (Wildman–Crippen LogP) is 2.14. The molecular formula is C15H21N3O3. The fourth-order valence-electron chi connectivity index (χ4n) is 3.67. The molecule has 0 aromatic heterocycles. The number of piperidine rings is 1. The first-order chi connectivity index (χ1) is 10.0. The minimum absolute atomic E-state index is 0.0235. The minimum atomic E-state index is -0.405. The van der Waals surface area contributed by atoms with Crippen molar-refractivity contribution in [1.29, 1.82) is 0 Å². The topological polar surface area (TPSA) is 58.8 Å². The van der Waals surface area contributed by atoms with Crippen molar-refractivity contribution in [1.82, 2.24) is 4.90 Å². The molecule has 6 heteroatoms. The van der Waals surface area contributed by atoms with Crippen molar-refractivity contribution in [2.24, 2.45) is 5.41 Å². The van der Waals surface area contributed by atoms with Gasteiger partial charge in [0, 0.05) is 44.0 Å². The van der Waals surface area contributed by atoms with Crippen molar-refractivity contribution >= 4 is 11.4 Å². The number of rotatable bonds is 3. The second-order valence-corrected chi connectivity index (χ2v) is 6.27. The summed E-state index contributed by atoms with van der Waals surface area (Å²) in [6, 6.07) is 5.14. The second kappa shape index (κ2) is 5.18. The van der Waals surface area contributed by atoms with Crippen LogP contribution in [0.4, 0.5) is 11.4 Å². The van der Waals surface area contributed by atoms with Crippen molar-refractivity contribution in [2.75, 3.05) is 45.2 Å². The summed E-state index contributed by atoms with van der Waals surface area (Å²) >= 11 is 0. The first kappa shape index (κ1) is 14.1. The molecule has 2 saturated heterocycles. The zero-order chi connectivity index (χ0) is 15.0. The van der Waals surface area contributed by atoms with Crippen molar-refractivity contribution in [3.8, 4) is 5.75 Å². The Kier molecular flexibility index (Phi) is 3.49. The monoisotopic (exact) mass is 291 g/mol. The van der Waals surface area contributed by atoms with Gasteiger partial charge in [0.2, 0.25) is 0 Å². The van der Waals surface area contributed by atoms with Crippen LogP contribution in [0.1, 0.15) is 12.8 Å². The predicted molar refractivity (Wildman–Crippen MR) is 81.0 cm³/mol. The van der Waals surface area contributed by atoms with Gasteiger partial charge in [-0.2, -0.15) is 0 Å². The Morgan fingerprint density at radius 3 is 2.48 bits per heavy atom. The Bertz CT molecular complexity index is 545. The normalized spacial score (nSPS) is 21.1. The van der Waals surface area contributed by atoms with Crippen LogP contribution in [-0.4, -0.2) is 50.2 Å². The fraction of sp³-hybridized carbons (Fsp3) is 0.600. The van der Waals surface area contributed by atoms with E-state index in [9.17, 15) is 10.1 Å². The SMILES string of the molecule is COc1cc(N2CCC3(CC2)CN(C)C3)ccc1[N+](=O)[O-]. The molecule has 0 N–H and O–H groups in total. The zero-order valence-electron chi connectivity index (χ0n) is 12.5. The highest BCUT2D eigenvalue weighted by molar-refractivity contribution is 5.59. The maximum absolute atomic E-state index is 10.9. The van der Waals surface area contributed by atoms with E-state index in [4.69, 9.17) is 4.74 Å². The smallest absolute Gasteiger partial charge is 0.311 e. The van der Waals surface area contributed by atoms with Crippen LogP contribution in [0.3, 0.4) is 0 Å². The van der Waals surface area contributed by atoms with Crippen LogP contribution >= 0.6 is 0 Å². The highest BCUT2D eigenvalue weighted by Crippen LogP contribution is 2.41. The second-order valence-electron chi connectivity index (χ2n) is 6.27. The van der Waals surface area contributed by atoms with Gasteiger partial charge in [0.1, 0.15) is 0 Å². The van der Waals surface area contributed by atoms with Gasteiger partial charge in [-0.3, -0.25) is 10.1 Å². The van der Waals surface area contributed by atoms with E-state index in [1.807, 2.05) is 6.07 Å². The van der Waals surface area contributed by atoms with E-state index in [1.165, 1.54) is 39.1 Å². The number of hydrogen-bond donors (Lipinski definition) is 0. The summed E-state index contributed by atoms with van der Waals surface area (Å²) in [6.07, 6.45) is 2.38. The summed E-state index contributed by atoms with van der Waals surface area (Å²) in [5, 5.41) is 10.9. The van der Waals surface area contributed by atoms with E-state index in [2.05, 4.69) is 16.8 Å². The average molecular weight is 291 g/mol. The number of nitro benzene ring substituents is 1. The highest BCUT2D eigenvalue weighted by atomic mass is 16.6. The van der Waals surface area contributed by atoms with Crippen LogP contribution in [-0.2, 0) is 0 Å². The minimum Gasteiger partial charge on any atom is -0.490 e. The molecule has 6 nitrogen and oxygen atoms in total. The first-order valence-corrected chi connectivity index (χ1v) is 7.29. The molecule has 3 rings (SSSR count). The van der Waals surface area contributed by atoms with Crippen molar-refractivity contribution in [2.45, 2.75) is 12.8 Å². The number of ether oxygens (including phenoxy) is 1. The van der Waals surface area contributed by atoms with E-state index in [1.54, 1.807) is 6.07 Å². The summed E-state index contributed by atoms with van der Waals surface area (Å²) in [6.45, 7) is 4.42. The Hall–Kier alpha value is -1.82. The molecule has 114 valence electrons. The molecule has 0 amide bonds. The third kappa shape index (κ3) is 2.55. The molecule has 1 aromatic carbocycles. The number of hydrogen-bond acceptors (Lipinski definition) is 5. The van der Waals surface area contributed by atoms with E-state index >= 15 is 0 Å². The number of methoxy groups -OCH3 is 1. The lowest BCUT2D eigenvalue weighted by atomic mass is 9.72. The Morgan fingerprint density at radius 1 is 1.29 bits per heavy atom. The maximum atomic E-state index is 10.9. The standard InChI is InChI=1S/C15H21N3O3/c1-16-10-15(11-16)5-7-17(8-6-15)12-3-4-13(18(19)20)14(9-12)21-2/h3-4,9H,5-8,10-11H2,1-2H3. The van der Waals surface area contributed by atoms with Gasteiger partial charge in [0.05, 0.1) is 12.0 Å². The first-order valence-electron chi connectivity index (χ1n) is 7.29. The van der Waals surface area contributed by atoms with E-state index in [0.717, 1.165) is 18.8 Å². The average Bonchev–Trinajstić information content (AvgIpc) is 2.46. The molecule has 0 radical (unpaired) electrons. The zero-order valence-corrected chi connectivity index (χ0v) is 12.5. The molecule has 1 aromatic rings. The number of likely N-dealkylation sites (tertiary alicyclic amines) is 1. The summed E-state index contributed by atoms with van der Waals surface area (Å²) < 4.78 is 5.15. The molecule has 2 aliphatic heterocycles. The van der Waals surface area contributed by atoms with Crippen LogP contribution < -0.4 is 9.64 Å². The van der Waals surface area contributed by atoms with Gasteiger partial charge < -0.3 is 14.5 Å². The number of benzene rings is 1. The number of nitrogens with zero attached hydrogens (tertiary/aromatic N) is 3. The van der Waals surface area contributed by atoms with E-state index in [-0.39, 0.29) is 5.69 Å². The summed E-state index contributed by atoms with van der Waals surface area (Å²) in [7, 11) is 3.64. The van der Waals surface area contributed by atoms with Gasteiger partial charge in [-0.15, -0.1) is 0 Å². The van der Waals surface area contributed by atoms with Crippen LogP contribution in [0.5, 0.6) is 5.75 Å². The van der Waals surface area contributed by atoms with Crippen molar-refractivity contribution in [3.63, 3.8) is 0 Å². The quantitative estimate of drug-likeness (QED) is 0.631. The highest BCUT2D eigenvalue weighted by Gasteiger charge is 2.43. The summed E-state index contributed by atoms with van der Waals surface area (Å²) in [4.78, 5) is 15.2. The molecule has 0 aliphatic carbocycles. The van der Waals surface area contributed by atoms with Gasteiger partial charge in [-0.05, 0) is 31.4 Å². The fourth-order valence-corrected chi connectivity index (χ4v) is 3.67. The Balaban J connectivity index is 1.72. The molecule has 0 saturated carbocycles. The Morgan fingerprint density at radius 2 is 1.95 bits per heavy atom. The van der Waals surface area contributed by atoms with Gasteiger partial charge in [0.25, 0.3) is 0 Å². The van der Waals surface area contributed by atoms with E-state index in [0.29, 0.717) is 11.2 Å². The molecule has 0 atom stereocenters. The van der Waals surface area contributed by atoms with Crippen LogP contribution in [0.2, 0.25) is 0 Å². The molecule has 2 fully saturated rings. The van der Waals surface area contributed by atoms with Gasteiger partial charge >= 0.3 is 5.69 Å². The van der Waals surface area contributed by atoms with E-state index < -0.39 is 4.92 Å². The summed E-state index contributed by atoms with van der Waals surface area (Å²) in [5.41, 5.74) is 1.55. The van der Waals surface area contributed by atoms with Crippen molar-refractivity contribution in [3.05, 3.63) is 28.3 Å². The van der Waals surface area contributed by atoms with Gasteiger partial charge in [0.15, 0.2) is 5.75 Å². The van der Waals surface area contributed by atoms with Crippen LogP contribution in [0.15, 0.2) is 18.2 Å². The molecular weight excluding hydrogens is 270 g/mol. The molecule has 2 aliphatic rings. The van der Waals surface area contributed by atoms with Crippen molar-refractivity contribution < 1.29 is 9.66 Å². The molecule has 0 bridgehead atoms. The molecule has 2 heterocycles. The lowest BCUT2D eigenvalue weighted by molar-refractivity contribution is -0.385. The lowest BCUT2D eigenvalue weighted by Crippen LogP contribution is -2.58. The van der Waals surface area contributed by atoms with Gasteiger partial charge in [-0.1, -0.05) is 0 Å². The molecule has 0 unspecified atom stereocenters. The van der Waals surface area contributed by atoms with Crippen LogP contribution in [0, 0.1) is 15.5 Å². The summed E-state index contributed by atoms with van der Waals surface area (Å²) in [5.74, 6) is 0.334. The largest absolute Gasteiger partial charge is 0.490 e. The lowest BCUT2D eigenvalue weighted by Gasteiger charge is -2.53. The maximum Gasteiger partial charge on any atom is 0.311 e. The third-order valence-corrected chi connectivity index (χ3v) is 4.76. The molecule has 21 heavy (non-hydrogen) atoms.